The Morgan fingerprint density at radius 2 is 1.55 bits per heavy atom. The highest BCUT2D eigenvalue weighted by atomic mass is 32.2. The van der Waals surface area contributed by atoms with Crippen molar-refractivity contribution >= 4 is 9.84 Å². The highest BCUT2D eigenvalue weighted by molar-refractivity contribution is 7.92. The molecule has 2 unspecified atom stereocenters. The number of rotatable bonds is 4. The van der Waals surface area contributed by atoms with E-state index in [1.54, 1.807) is 37.3 Å². The Kier molecular flexibility index (Phi) is 4.20. The van der Waals surface area contributed by atoms with Crippen LogP contribution in [0.3, 0.4) is 0 Å². The topological polar surface area (TPSA) is 60.2 Å². The van der Waals surface area contributed by atoms with Crippen LogP contribution in [0.5, 0.6) is 0 Å². The normalized spacial score (nSPS) is 14.8. The summed E-state index contributed by atoms with van der Waals surface area (Å²) >= 11 is 0. The van der Waals surface area contributed by atoms with Crippen LogP contribution < -0.4 is 5.73 Å². The minimum atomic E-state index is -3.52. The Morgan fingerprint density at radius 3 is 2.10 bits per heavy atom. The molecule has 0 fully saturated rings. The molecule has 0 aliphatic carbocycles. The lowest BCUT2D eigenvalue weighted by atomic mass is 10.1. The van der Waals surface area contributed by atoms with Crippen LogP contribution in [0.4, 0.5) is 4.39 Å². The standard InChI is InChI=1S/C15H16FNO2S/c1-11(15(17)12-7-9-13(16)10-8-12)20(18,19)14-5-3-2-4-6-14/h2-11,15H,17H2,1H3. The summed E-state index contributed by atoms with van der Waals surface area (Å²) in [6, 6.07) is 13.0. The molecule has 0 radical (unpaired) electrons. The van der Waals surface area contributed by atoms with Crippen LogP contribution in [-0.2, 0) is 9.84 Å². The molecule has 2 atom stereocenters. The zero-order valence-corrected chi connectivity index (χ0v) is 11.8. The molecule has 0 saturated carbocycles. The van der Waals surface area contributed by atoms with E-state index in [-0.39, 0.29) is 10.7 Å². The Morgan fingerprint density at radius 1 is 1.00 bits per heavy atom. The van der Waals surface area contributed by atoms with E-state index in [0.717, 1.165) is 0 Å². The molecule has 0 bridgehead atoms. The van der Waals surface area contributed by atoms with Crippen LogP contribution in [0.1, 0.15) is 18.5 Å². The minimum absolute atomic E-state index is 0.241. The maximum absolute atomic E-state index is 12.9. The lowest BCUT2D eigenvalue weighted by Gasteiger charge is -2.20. The van der Waals surface area contributed by atoms with Gasteiger partial charge in [-0.3, -0.25) is 0 Å². The van der Waals surface area contributed by atoms with Crippen LogP contribution in [-0.4, -0.2) is 13.7 Å². The molecule has 0 aromatic heterocycles. The molecule has 0 saturated heterocycles. The van der Waals surface area contributed by atoms with Gasteiger partial charge in [0.1, 0.15) is 5.82 Å². The second-order valence-corrected chi connectivity index (χ2v) is 6.95. The molecule has 0 amide bonds. The summed E-state index contributed by atoms with van der Waals surface area (Å²) in [4.78, 5) is 0.241. The van der Waals surface area contributed by atoms with Crippen molar-refractivity contribution in [3.63, 3.8) is 0 Å². The third-order valence-electron chi connectivity index (χ3n) is 3.32. The summed E-state index contributed by atoms with van der Waals surface area (Å²) in [5.74, 6) is -0.375. The van der Waals surface area contributed by atoms with Crippen molar-refractivity contribution < 1.29 is 12.8 Å². The van der Waals surface area contributed by atoms with Gasteiger partial charge >= 0.3 is 0 Å². The summed E-state index contributed by atoms with van der Waals surface area (Å²) in [5.41, 5.74) is 6.61. The van der Waals surface area contributed by atoms with Gasteiger partial charge < -0.3 is 5.73 Å². The van der Waals surface area contributed by atoms with Gasteiger partial charge in [-0.25, -0.2) is 12.8 Å². The highest BCUT2D eigenvalue weighted by Gasteiger charge is 2.29. The molecule has 0 heterocycles. The van der Waals surface area contributed by atoms with Crippen LogP contribution in [0.25, 0.3) is 0 Å². The number of nitrogens with two attached hydrogens (primary N) is 1. The molecule has 2 rings (SSSR count). The van der Waals surface area contributed by atoms with Gasteiger partial charge in [-0.2, -0.15) is 0 Å². The molecule has 20 heavy (non-hydrogen) atoms. The van der Waals surface area contributed by atoms with E-state index in [2.05, 4.69) is 0 Å². The zero-order valence-electron chi connectivity index (χ0n) is 11.0. The van der Waals surface area contributed by atoms with Crippen LogP contribution in [0.15, 0.2) is 59.5 Å². The highest BCUT2D eigenvalue weighted by Crippen LogP contribution is 2.25. The monoisotopic (exact) mass is 293 g/mol. The van der Waals surface area contributed by atoms with E-state index in [9.17, 15) is 12.8 Å². The van der Waals surface area contributed by atoms with E-state index in [0.29, 0.717) is 5.56 Å². The van der Waals surface area contributed by atoms with Gasteiger partial charge in [0.2, 0.25) is 0 Å². The molecule has 106 valence electrons. The number of halogens is 1. The lowest BCUT2D eigenvalue weighted by molar-refractivity contribution is 0.564. The van der Waals surface area contributed by atoms with Crippen LogP contribution in [0.2, 0.25) is 0 Å². The van der Waals surface area contributed by atoms with Crippen molar-refractivity contribution in [3.8, 4) is 0 Å². The molecule has 3 nitrogen and oxygen atoms in total. The van der Waals surface area contributed by atoms with Crippen molar-refractivity contribution in [2.24, 2.45) is 5.73 Å². The van der Waals surface area contributed by atoms with Crippen LogP contribution in [0, 0.1) is 5.82 Å². The Hall–Kier alpha value is -1.72. The van der Waals surface area contributed by atoms with Crippen molar-refractivity contribution in [3.05, 3.63) is 66.0 Å². The summed E-state index contributed by atoms with van der Waals surface area (Å²) in [6.45, 7) is 1.57. The van der Waals surface area contributed by atoms with Gasteiger partial charge in [0.05, 0.1) is 10.1 Å². The van der Waals surface area contributed by atoms with E-state index in [1.165, 1.54) is 24.3 Å². The average molecular weight is 293 g/mol. The number of benzene rings is 2. The Labute approximate surface area is 118 Å². The van der Waals surface area contributed by atoms with E-state index >= 15 is 0 Å². The van der Waals surface area contributed by atoms with E-state index < -0.39 is 21.1 Å². The predicted octanol–water partition coefficient (Wildman–Crippen LogP) is 2.69. The summed E-state index contributed by atoms with van der Waals surface area (Å²) in [7, 11) is -3.52. The fourth-order valence-electron chi connectivity index (χ4n) is 1.97. The molecule has 0 spiro atoms. The zero-order chi connectivity index (χ0) is 14.8. The Bertz CT molecular complexity index is 669. The fourth-order valence-corrected chi connectivity index (χ4v) is 3.48. The molecule has 0 aliphatic heterocycles. The number of hydrogen-bond acceptors (Lipinski definition) is 3. The van der Waals surface area contributed by atoms with Gasteiger partial charge in [0, 0.05) is 6.04 Å². The molecule has 0 aliphatic rings. The lowest BCUT2D eigenvalue weighted by Crippen LogP contribution is -2.31. The second kappa shape index (κ2) is 5.73. The van der Waals surface area contributed by atoms with Crippen molar-refractivity contribution in [1.82, 2.24) is 0 Å². The maximum atomic E-state index is 12.9. The number of sulfone groups is 1. The average Bonchev–Trinajstić information content (AvgIpc) is 2.47. The van der Waals surface area contributed by atoms with Crippen molar-refractivity contribution in [1.29, 1.82) is 0 Å². The Balaban J connectivity index is 2.31. The van der Waals surface area contributed by atoms with E-state index in [4.69, 9.17) is 5.73 Å². The predicted molar refractivity (Wildman–Crippen MR) is 76.4 cm³/mol. The van der Waals surface area contributed by atoms with Gasteiger partial charge in [-0.15, -0.1) is 0 Å². The second-order valence-electron chi connectivity index (χ2n) is 4.64. The quantitative estimate of drug-likeness (QED) is 0.942. The largest absolute Gasteiger partial charge is 0.323 e. The molecule has 2 aromatic rings. The SMILES string of the molecule is CC(C(N)c1ccc(F)cc1)S(=O)(=O)c1ccccc1. The minimum Gasteiger partial charge on any atom is -0.323 e. The maximum Gasteiger partial charge on any atom is 0.182 e. The first-order chi connectivity index (χ1) is 9.43. The molecule has 5 heteroatoms. The van der Waals surface area contributed by atoms with Gasteiger partial charge in [-0.1, -0.05) is 30.3 Å². The summed E-state index contributed by atoms with van der Waals surface area (Å²) in [5, 5.41) is -0.796. The van der Waals surface area contributed by atoms with Crippen molar-refractivity contribution in [2.45, 2.75) is 23.1 Å². The van der Waals surface area contributed by atoms with Gasteiger partial charge in [0.25, 0.3) is 0 Å². The van der Waals surface area contributed by atoms with Crippen LogP contribution >= 0.6 is 0 Å². The first kappa shape index (κ1) is 14.7. The summed E-state index contributed by atoms with van der Waals surface area (Å²) in [6.07, 6.45) is 0. The number of hydrogen-bond donors (Lipinski definition) is 1. The van der Waals surface area contributed by atoms with Gasteiger partial charge in [0.15, 0.2) is 9.84 Å². The summed E-state index contributed by atoms with van der Waals surface area (Å²) < 4.78 is 37.8. The first-order valence-electron chi connectivity index (χ1n) is 6.23. The molecule has 2 N–H and O–H groups in total. The smallest absolute Gasteiger partial charge is 0.182 e. The van der Waals surface area contributed by atoms with Crippen molar-refractivity contribution in [2.75, 3.05) is 0 Å². The molecule has 2 aromatic carbocycles. The molecular formula is C15H16FNO2S. The van der Waals surface area contributed by atoms with Gasteiger partial charge in [-0.05, 0) is 36.8 Å². The first-order valence-corrected chi connectivity index (χ1v) is 7.77. The third-order valence-corrected chi connectivity index (χ3v) is 5.52. The van der Waals surface area contributed by atoms with E-state index in [1.807, 2.05) is 0 Å². The fraction of sp³-hybridized carbons (Fsp3) is 0.200. The third kappa shape index (κ3) is 2.89. The molecular weight excluding hydrogens is 277 g/mol.